The van der Waals surface area contributed by atoms with Gasteiger partial charge in [-0.2, -0.15) is 0 Å². The number of nitrogens with two attached hydrogens (primary N) is 1. The zero-order valence-corrected chi connectivity index (χ0v) is 10.7. The average Bonchev–Trinajstić information content (AvgIpc) is 3.05. The van der Waals surface area contributed by atoms with E-state index in [1.807, 2.05) is 0 Å². The predicted octanol–water partition coefficient (Wildman–Crippen LogP) is -2.60. The number of nitrogens with one attached hydrogen (secondary N) is 2. The first-order valence-corrected chi connectivity index (χ1v) is 6.04. The maximum atomic E-state index is 11.8. The summed E-state index contributed by atoms with van der Waals surface area (Å²) in [7, 11) is 0. The first-order valence-electron chi connectivity index (χ1n) is 6.04. The van der Waals surface area contributed by atoms with Crippen molar-refractivity contribution >= 4 is 17.8 Å². The van der Waals surface area contributed by atoms with Crippen LogP contribution < -0.4 is 16.4 Å². The van der Waals surface area contributed by atoms with Crippen LogP contribution in [0, 0.1) is 0 Å². The molecule has 1 aliphatic heterocycles. The van der Waals surface area contributed by atoms with Gasteiger partial charge in [0.1, 0.15) is 12.2 Å². The summed E-state index contributed by atoms with van der Waals surface area (Å²) in [5.41, 5.74) is 5.65. The fourth-order valence-corrected chi connectivity index (χ4v) is 1.69. The van der Waals surface area contributed by atoms with Crippen molar-refractivity contribution in [1.82, 2.24) is 30.5 Å². The van der Waals surface area contributed by atoms with Crippen LogP contribution in [-0.2, 0) is 22.7 Å². The summed E-state index contributed by atoms with van der Waals surface area (Å²) < 4.78 is 1.32. The van der Waals surface area contributed by atoms with Gasteiger partial charge in [-0.1, -0.05) is 5.21 Å². The molecule has 1 saturated heterocycles. The Hall–Kier alpha value is -2.49. The first kappa shape index (κ1) is 13.9. The van der Waals surface area contributed by atoms with Crippen LogP contribution in [-0.4, -0.2) is 57.4 Å². The van der Waals surface area contributed by atoms with E-state index in [0.717, 1.165) is 4.90 Å². The Labute approximate surface area is 114 Å². The van der Waals surface area contributed by atoms with Gasteiger partial charge in [0.25, 0.3) is 5.91 Å². The Morgan fingerprint density at radius 1 is 1.50 bits per heavy atom. The van der Waals surface area contributed by atoms with Crippen LogP contribution in [0.15, 0.2) is 6.20 Å². The van der Waals surface area contributed by atoms with Crippen molar-refractivity contribution < 1.29 is 14.4 Å². The summed E-state index contributed by atoms with van der Waals surface area (Å²) in [6.07, 6.45) is 1.53. The van der Waals surface area contributed by atoms with Gasteiger partial charge in [0.2, 0.25) is 5.91 Å². The molecule has 4 amide bonds. The minimum atomic E-state index is -0.398. The topological polar surface area (TPSA) is 135 Å². The van der Waals surface area contributed by atoms with E-state index >= 15 is 0 Å². The zero-order valence-electron chi connectivity index (χ0n) is 10.7. The molecule has 0 spiro atoms. The number of urea groups is 1. The van der Waals surface area contributed by atoms with E-state index < -0.39 is 6.03 Å². The van der Waals surface area contributed by atoms with Crippen LogP contribution in [0.5, 0.6) is 0 Å². The molecule has 2 heterocycles. The quantitative estimate of drug-likeness (QED) is 0.542. The van der Waals surface area contributed by atoms with E-state index in [1.165, 1.54) is 10.9 Å². The second-order valence-electron chi connectivity index (χ2n) is 4.17. The predicted molar refractivity (Wildman–Crippen MR) is 66.0 cm³/mol. The van der Waals surface area contributed by atoms with Crippen molar-refractivity contribution in [2.45, 2.75) is 13.1 Å². The third kappa shape index (κ3) is 3.29. The van der Waals surface area contributed by atoms with Crippen LogP contribution >= 0.6 is 0 Å². The third-order valence-corrected chi connectivity index (χ3v) is 2.69. The van der Waals surface area contributed by atoms with E-state index in [9.17, 15) is 14.4 Å². The largest absolute Gasteiger partial charge is 0.349 e. The summed E-state index contributed by atoms with van der Waals surface area (Å²) in [4.78, 5) is 35.3. The van der Waals surface area contributed by atoms with Gasteiger partial charge in [-0.15, -0.1) is 5.10 Å². The monoisotopic (exact) mass is 281 g/mol. The van der Waals surface area contributed by atoms with Gasteiger partial charge in [-0.05, 0) is 0 Å². The second-order valence-corrected chi connectivity index (χ2v) is 4.17. The van der Waals surface area contributed by atoms with Crippen LogP contribution in [0.25, 0.3) is 0 Å². The molecule has 0 atom stereocenters. The minimum Gasteiger partial charge on any atom is -0.349 e. The molecule has 20 heavy (non-hydrogen) atoms. The second kappa shape index (κ2) is 6.10. The fraction of sp³-hybridized carbons (Fsp3) is 0.500. The number of aromatic nitrogens is 3. The van der Waals surface area contributed by atoms with Crippen molar-refractivity contribution in [3.63, 3.8) is 0 Å². The molecule has 0 radical (unpaired) electrons. The molecule has 1 aromatic rings. The zero-order chi connectivity index (χ0) is 14.5. The molecule has 0 aromatic carbocycles. The lowest BCUT2D eigenvalue weighted by Gasteiger charge is -2.11. The van der Waals surface area contributed by atoms with Gasteiger partial charge < -0.3 is 16.4 Å². The van der Waals surface area contributed by atoms with Crippen LogP contribution in [0.1, 0.15) is 5.69 Å². The number of hydrogen-bond acceptors (Lipinski definition) is 6. The summed E-state index contributed by atoms with van der Waals surface area (Å²) in [6, 6.07) is -0.398. The highest BCUT2D eigenvalue weighted by Crippen LogP contribution is 2.00. The molecule has 2 rings (SSSR count). The highest BCUT2D eigenvalue weighted by molar-refractivity contribution is 5.95. The van der Waals surface area contributed by atoms with Crippen molar-refractivity contribution in [2.24, 2.45) is 5.73 Å². The van der Waals surface area contributed by atoms with Gasteiger partial charge in [-0.25, -0.2) is 9.48 Å². The highest BCUT2D eigenvalue weighted by Gasteiger charge is 2.26. The van der Waals surface area contributed by atoms with Crippen LogP contribution in [0.2, 0.25) is 0 Å². The van der Waals surface area contributed by atoms with Gasteiger partial charge in [0.15, 0.2) is 0 Å². The van der Waals surface area contributed by atoms with Crippen molar-refractivity contribution in [2.75, 3.05) is 19.6 Å². The maximum absolute atomic E-state index is 11.8. The Morgan fingerprint density at radius 3 is 2.95 bits per heavy atom. The normalized spacial score (nSPS) is 14.2. The van der Waals surface area contributed by atoms with E-state index in [4.69, 9.17) is 5.73 Å². The van der Waals surface area contributed by atoms with E-state index in [0.29, 0.717) is 18.8 Å². The summed E-state index contributed by atoms with van der Waals surface area (Å²) in [5, 5.41) is 12.6. The number of hydrogen-bond donors (Lipinski definition) is 3. The lowest BCUT2D eigenvalue weighted by atomic mass is 10.4. The van der Waals surface area contributed by atoms with Crippen LogP contribution in [0.3, 0.4) is 0 Å². The van der Waals surface area contributed by atoms with Gasteiger partial charge in [0, 0.05) is 13.1 Å². The number of carbonyl (C=O) groups excluding carboxylic acids is 3. The Bertz CT molecular complexity index is 527. The van der Waals surface area contributed by atoms with Crippen molar-refractivity contribution in [3.05, 3.63) is 11.9 Å². The summed E-state index contributed by atoms with van der Waals surface area (Å²) in [6.45, 7) is 0.820. The minimum absolute atomic E-state index is 0.0781. The lowest BCUT2D eigenvalue weighted by Crippen LogP contribution is -2.36. The summed E-state index contributed by atoms with van der Waals surface area (Å²) >= 11 is 0. The number of carbonyl (C=O) groups is 3. The smallest absolute Gasteiger partial charge is 0.324 e. The lowest BCUT2D eigenvalue weighted by molar-refractivity contribution is -0.128. The van der Waals surface area contributed by atoms with Crippen molar-refractivity contribution in [3.8, 4) is 0 Å². The SMILES string of the molecule is NCC(=O)NCc1cn(CC(=O)N2CCNC2=O)nn1. The molecular formula is C10H15N7O3. The molecular weight excluding hydrogens is 266 g/mol. The standard InChI is InChI=1S/C10H15N7O3/c11-3-8(18)13-4-7-5-16(15-14-7)6-9(19)17-2-1-12-10(17)20/h5H,1-4,6,11H2,(H,12,20)(H,13,18). The average molecular weight is 281 g/mol. The number of amides is 4. The molecule has 1 aromatic heterocycles. The summed E-state index contributed by atoms with van der Waals surface area (Å²) in [5.74, 6) is -0.660. The highest BCUT2D eigenvalue weighted by atomic mass is 16.2. The number of nitrogens with zero attached hydrogens (tertiary/aromatic N) is 4. The van der Waals surface area contributed by atoms with Gasteiger partial charge >= 0.3 is 6.03 Å². The Morgan fingerprint density at radius 2 is 2.30 bits per heavy atom. The Balaban J connectivity index is 1.87. The molecule has 10 heteroatoms. The van der Waals surface area contributed by atoms with Gasteiger partial charge in [0.05, 0.1) is 19.3 Å². The maximum Gasteiger partial charge on any atom is 0.324 e. The van der Waals surface area contributed by atoms with Crippen molar-refractivity contribution in [1.29, 1.82) is 0 Å². The molecule has 4 N–H and O–H groups in total. The molecule has 0 bridgehead atoms. The fourth-order valence-electron chi connectivity index (χ4n) is 1.69. The van der Waals surface area contributed by atoms with E-state index in [1.54, 1.807) is 0 Å². The molecule has 1 fully saturated rings. The molecule has 10 nitrogen and oxygen atoms in total. The number of imide groups is 1. The van der Waals surface area contributed by atoms with Crippen LogP contribution in [0.4, 0.5) is 4.79 Å². The third-order valence-electron chi connectivity index (χ3n) is 2.69. The number of rotatable bonds is 5. The molecule has 0 saturated carbocycles. The van der Waals surface area contributed by atoms with Gasteiger partial charge in [-0.3, -0.25) is 14.5 Å². The molecule has 0 unspecified atom stereocenters. The Kier molecular flexibility index (Phi) is 4.25. The molecule has 0 aliphatic carbocycles. The first-order chi connectivity index (χ1) is 9.60. The van der Waals surface area contributed by atoms with E-state index in [-0.39, 0.29) is 31.4 Å². The molecule has 1 aliphatic rings. The van der Waals surface area contributed by atoms with E-state index in [2.05, 4.69) is 20.9 Å². The molecule has 108 valence electrons.